The SMILES string of the molecule is COc1ccc(-c2cc(=O)oc3c4c(ccc23)OC[NH+](Cc2ccco2)C4)cc1. The monoisotopic (exact) mass is 390 g/mol. The lowest BCUT2D eigenvalue weighted by Crippen LogP contribution is -3.10. The Morgan fingerprint density at radius 2 is 1.97 bits per heavy atom. The molecule has 5 rings (SSSR count). The molecule has 2 aromatic heterocycles. The summed E-state index contributed by atoms with van der Waals surface area (Å²) in [5.74, 6) is 2.42. The van der Waals surface area contributed by atoms with Crippen LogP contribution in [-0.2, 0) is 13.1 Å². The molecule has 1 aliphatic rings. The van der Waals surface area contributed by atoms with Crippen molar-refractivity contribution >= 4 is 11.0 Å². The van der Waals surface area contributed by atoms with E-state index in [0.29, 0.717) is 25.4 Å². The highest BCUT2D eigenvalue weighted by Crippen LogP contribution is 2.34. The second-order valence-corrected chi connectivity index (χ2v) is 7.10. The number of ether oxygens (including phenoxy) is 2. The number of quaternary nitrogens is 1. The maximum Gasteiger partial charge on any atom is 0.336 e. The number of hydrogen-bond acceptors (Lipinski definition) is 5. The summed E-state index contributed by atoms with van der Waals surface area (Å²) >= 11 is 0. The fraction of sp³-hybridized carbons (Fsp3) is 0.174. The first-order chi connectivity index (χ1) is 14.2. The van der Waals surface area contributed by atoms with Gasteiger partial charge in [-0.3, -0.25) is 4.90 Å². The minimum absolute atomic E-state index is 0.380. The Morgan fingerprint density at radius 1 is 1.10 bits per heavy atom. The third kappa shape index (κ3) is 3.28. The lowest BCUT2D eigenvalue weighted by atomic mass is 9.99. The van der Waals surface area contributed by atoms with Gasteiger partial charge in [0.25, 0.3) is 0 Å². The van der Waals surface area contributed by atoms with Crippen molar-refractivity contribution in [3.8, 4) is 22.6 Å². The molecule has 1 unspecified atom stereocenters. The van der Waals surface area contributed by atoms with Crippen molar-refractivity contribution in [3.63, 3.8) is 0 Å². The molecule has 0 fully saturated rings. The number of benzene rings is 2. The van der Waals surface area contributed by atoms with E-state index in [4.69, 9.17) is 18.3 Å². The van der Waals surface area contributed by atoms with Crippen molar-refractivity contribution in [2.45, 2.75) is 13.1 Å². The van der Waals surface area contributed by atoms with E-state index >= 15 is 0 Å². The predicted octanol–water partition coefficient (Wildman–Crippen LogP) is 3.00. The zero-order chi connectivity index (χ0) is 19.8. The van der Waals surface area contributed by atoms with E-state index < -0.39 is 0 Å². The normalized spacial score (nSPS) is 15.7. The highest BCUT2D eigenvalue weighted by atomic mass is 16.5. The van der Waals surface area contributed by atoms with Crippen LogP contribution in [0.4, 0.5) is 0 Å². The lowest BCUT2D eigenvalue weighted by Gasteiger charge is -2.26. The van der Waals surface area contributed by atoms with Crippen LogP contribution in [0.2, 0.25) is 0 Å². The van der Waals surface area contributed by atoms with Crippen LogP contribution in [0.1, 0.15) is 11.3 Å². The summed E-state index contributed by atoms with van der Waals surface area (Å²) < 4.78 is 22.3. The minimum atomic E-state index is -0.380. The molecule has 1 aliphatic heterocycles. The topological polar surface area (TPSA) is 66.2 Å². The molecule has 0 aliphatic carbocycles. The van der Waals surface area contributed by atoms with Gasteiger partial charge in [0.2, 0.25) is 6.73 Å². The Morgan fingerprint density at radius 3 is 2.72 bits per heavy atom. The highest BCUT2D eigenvalue weighted by molar-refractivity contribution is 5.95. The first-order valence-corrected chi connectivity index (χ1v) is 9.44. The summed E-state index contributed by atoms with van der Waals surface area (Å²) in [6.07, 6.45) is 1.67. The van der Waals surface area contributed by atoms with Crippen LogP contribution in [-0.4, -0.2) is 13.8 Å². The van der Waals surface area contributed by atoms with Crippen LogP contribution in [0.3, 0.4) is 0 Å². The van der Waals surface area contributed by atoms with E-state index in [1.54, 1.807) is 13.4 Å². The maximum absolute atomic E-state index is 12.4. The molecule has 2 aromatic carbocycles. The van der Waals surface area contributed by atoms with Gasteiger partial charge in [-0.05, 0) is 47.5 Å². The molecule has 0 radical (unpaired) electrons. The van der Waals surface area contributed by atoms with Gasteiger partial charge in [0.05, 0.1) is 18.9 Å². The maximum atomic E-state index is 12.4. The molecule has 29 heavy (non-hydrogen) atoms. The smallest absolute Gasteiger partial charge is 0.336 e. The fourth-order valence-corrected chi connectivity index (χ4v) is 3.83. The molecule has 0 spiro atoms. The van der Waals surface area contributed by atoms with Crippen LogP contribution in [0, 0.1) is 0 Å². The average molecular weight is 390 g/mol. The molecule has 3 heterocycles. The Labute approximate surface area is 166 Å². The van der Waals surface area contributed by atoms with Crippen LogP contribution >= 0.6 is 0 Å². The van der Waals surface area contributed by atoms with Gasteiger partial charge in [0.1, 0.15) is 24.6 Å². The number of methoxy groups -OCH3 is 1. The first-order valence-electron chi connectivity index (χ1n) is 9.44. The van der Waals surface area contributed by atoms with Crippen molar-refractivity contribution in [1.82, 2.24) is 0 Å². The number of hydrogen-bond donors (Lipinski definition) is 1. The van der Waals surface area contributed by atoms with Crippen LogP contribution in [0.5, 0.6) is 11.5 Å². The van der Waals surface area contributed by atoms with E-state index in [0.717, 1.165) is 39.3 Å². The Kier molecular flexibility index (Phi) is 4.33. The van der Waals surface area contributed by atoms with E-state index in [9.17, 15) is 4.79 Å². The van der Waals surface area contributed by atoms with E-state index in [-0.39, 0.29) is 5.63 Å². The molecule has 4 aromatic rings. The van der Waals surface area contributed by atoms with E-state index in [1.165, 1.54) is 11.0 Å². The molecule has 0 saturated carbocycles. The van der Waals surface area contributed by atoms with E-state index in [1.807, 2.05) is 48.5 Å². The predicted molar refractivity (Wildman–Crippen MR) is 107 cm³/mol. The second kappa shape index (κ2) is 7.14. The standard InChI is InChI=1S/C23H19NO5/c1-26-16-6-4-15(5-7-16)19-11-22(25)29-23-18(19)8-9-21-20(23)13-24(14-28-21)12-17-3-2-10-27-17/h2-11H,12-14H2,1H3/p+1. The molecule has 1 atom stereocenters. The zero-order valence-corrected chi connectivity index (χ0v) is 15.9. The molecule has 1 N–H and O–H groups in total. The summed E-state index contributed by atoms with van der Waals surface area (Å²) in [5.41, 5.74) is 2.87. The largest absolute Gasteiger partial charge is 0.497 e. The Balaban J connectivity index is 1.59. The van der Waals surface area contributed by atoms with E-state index in [2.05, 4.69) is 0 Å². The third-order valence-electron chi connectivity index (χ3n) is 5.24. The molecular weight excluding hydrogens is 370 g/mol. The van der Waals surface area contributed by atoms with Crippen LogP contribution in [0.15, 0.2) is 74.5 Å². The number of rotatable bonds is 4. The van der Waals surface area contributed by atoms with Gasteiger partial charge in [-0.1, -0.05) is 12.1 Å². The van der Waals surface area contributed by atoms with Crippen molar-refractivity contribution < 1.29 is 23.2 Å². The van der Waals surface area contributed by atoms with Crippen molar-refractivity contribution in [1.29, 1.82) is 0 Å². The summed E-state index contributed by atoms with van der Waals surface area (Å²) in [6.45, 7) is 1.91. The quantitative estimate of drug-likeness (QED) is 0.543. The summed E-state index contributed by atoms with van der Waals surface area (Å²) in [6, 6.07) is 16.9. The van der Waals surface area contributed by atoms with Crippen molar-refractivity contribution in [2.75, 3.05) is 13.8 Å². The van der Waals surface area contributed by atoms with Crippen molar-refractivity contribution in [2.24, 2.45) is 0 Å². The number of fused-ring (bicyclic) bond motifs is 3. The summed E-state index contributed by atoms with van der Waals surface area (Å²) in [7, 11) is 1.63. The van der Waals surface area contributed by atoms with Crippen LogP contribution < -0.4 is 20.0 Å². The van der Waals surface area contributed by atoms with Gasteiger partial charge in [-0.25, -0.2) is 4.79 Å². The lowest BCUT2D eigenvalue weighted by molar-refractivity contribution is -0.946. The molecular formula is C23H20NO5+. The average Bonchev–Trinajstić information content (AvgIpc) is 3.26. The molecule has 0 saturated heterocycles. The van der Waals surface area contributed by atoms with Crippen LogP contribution in [0.25, 0.3) is 22.1 Å². The zero-order valence-electron chi connectivity index (χ0n) is 15.9. The van der Waals surface area contributed by atoms with Gasteiger partial charge < -0.3 is 18.3 Å². The summed E-state index contributed by atoms with van der Waals surface area (Å²) in [4.78, 5) is 13.5. The summed E-state index contributed by atoms with van der Waals surface area (Å²) in [5, 5.41) is 0.886. The van der Waals surface area contributed by atoms with Gasteiger partial charge in [0.15, 0.2) is 11.3 Å². The third-order valence-corrected chi connectivity index (χ3v) is 5.24. The minimum Gasteiger partial charge on any atom is -0.497 e. The van der Waals surface area contributed by atoms with Gasteiger partial charge in [-0.2, -0.15) is 0 Å². The number of furan rings is 1. The molecule has 0 amide bonds. The van der Waals surface area contributed by atoms with Gasteiger partial charge in [0, 0.05) is 11.5 Å². The van der Waals surface area contributed by atoms with Gasteiger partial charge >= 0.3 is 5.63 Å². The Hall–Kier alpha value is -3.51. The molecule has 0 bridgehead atoms. The second-order valence-electron chi connectivity index (χ2n) is 7.10. The molecule has 6 heteroatoms. The van der Waals surface area contributed by atoms with Crippen molar-refractivity contribution in [3.05, 3.63) is 82.6 Å². The van der Waals surface area contributed by atoms with Gasteiger partial charge in [-0.15, -0.1) is 0 Å². The molecule has 6 nitrogen and oxygen atoms in total. The highest BCUT2D eigenvalue weighted by Gasteiger charge is 2.26. The Bertz CT molecular complexity index is 1210. The molecule has 146 valence electrons. The number of nitrogens with one attached hydrogen (secondary N) is 1. The first kappa shape index (κ1) is 17.6. The fourth-order valence-electron chi connectivity index (χ4n) is 3.83.